The fourth-order valence-electron chi connectivity index (χ4n) is 2.61. The fraction of sp³-hybridized carbons (Fsp3) is 0.308. The van der Waals surface area contributed by atoms with Crippen LogP contribution in [0.15, 0.2) is 24.4 Å². The maximum Gasteiger partial charge on any atom is 0.279 e. The molecule has 1 atom stereocenters. The summed E-state index contributed by atoms with van der Waals surface area (Å²) in [6, 6.07) is 4.55. The number of rotatable bonds is 3. The van der Waals surface area contributed by atoms with Gasteiger partial charge in [-0.1, -0.05) is 6.07 Å². The number of H-pyrrole nitrogens is 1. The van der Waals surface area contributed by atoms with Gasteiger partial charge in [-0.25, -0.2) is 0 Å². The van der Waals surface area contributed by atoms with E-state index in [1.807, 2.05) is 0 Å². The summed E-state index contributed by atoms with van der Waals surface area (Å²) in [7, 11) is 0. The molecule has 0 saturated carbocycles. The number of fused-ring (bicyclic) bond motifs is 1. The first-order chi connectivity index (χ1) is 9.18. The number of nitro benzene ring substituents is 1. The zero-order valence-electron chi connectivity index (χ0n) is 10.2. The van der Waals surface area contributed by atoms with Gasteiger partial charge < -0.3 is 10.3 Å². The molecule has 1 unspecified atom stereocenters. The zero-order chi connectivity index (χ0) is 13.4. The van der Waals surface area contributed by atoms with Crippen LogP contribution in [0.2, 0.25) is 0 Å². The average molecular weight is 259 g/mol. The molecular weight excluding hydrogens is 246 g/mol. The van der Waals surface area contributed by atoms with Crippen LogP contribution < -0.4 is 5.32 Å². The van der Waals surface area contributed by atoms with Crippen LogP contribution in [0.3, 0.4) is 0 Å². The van der Waals surface area contributed by atoms with Gasteiger partial charge in [0, 0.05) is 12.3 Å². The highest BCUT2D eigenvalue weighted by molar-refractivity contribution is 6.13. The molecule has 6 nitrogen and oxygen atoms in total. The number of non-ortho nitro benzene ring substituents is 1. The van der Waals surface area contributed by atoms with Gasteiger partial charge in [0.1, 0.15) is 0 Å². The second kappa shape index (κ2) is 4.47. The van der Waals surface area contributed by atoms with E-state index in [-0.39, 0.29) is 17.5 Å². The minimum atomic E-state index is -0.449. The molecule has 0 radical (unpaired) electrons. The summed E-state index contributed by atoms with van der Waals surface area (Å²) >= 11 is 0. The smallest absolute Gasteiger partial charge is 0.279 e. The number of carbonyl (C=O) groups excluding carboxylic acids is 1. The highest BCUT2D eigenvalue weighted by Crippen LogP contribution is 2.29. The number of nitrogens with zero attached hydrogens (tertiary/aromatic N) is 1. The van der Waals surface area contributed by atoms with Gasteiger partial charge in [0.2, 0.25) is 0 Å². The number of benzene rings is 1. The van der Waals surface area contributed by atoms with Gasteiger partial charge in [0.05, 0.1) is 27.4 Å². The highest BCUT2D eigenvalue weighted by atomic mass is 16.6. The third kappa shape index (κ3) is 1.90. The molecule has 0 bridgehead atoms. The number of carbonyl (C=O) groups is 1. The number of ketones is 1. The van der Waals surface area contributed by atoms with E-state index in [0.29, 0.717) is 16.5 Å². The summed E-state index contributed by atoms with van der Waals surface area (Å²) in [6.45, 7) is 0.820. The monoisotopic (exact) mass is 259 g/mol. The van der Waals surface area contributed by atoms with Crippen LogP contribution in [-0.2, 0) is 0 Å². The zero-order valence-corrected chi connectivity index (χ0v) is 10.2. The standard InChI is InChI=1S/C13H13N3O3/c17-13(10-4-2-6-14-10)8-7-15-9-3-1-5-11(12(8)9)16(18)19/h1,3,5,7,10,14-15H,2,4,6H2. The van der Waals surface area contributed by atoms with Gasteiger partial charge in [-0.2, -0.15) is 0 Å². The Hall–Kier alpha value is -2.21. The molecule has 2 N–H and O–H groups in total. The van der Waals surface area contributed by atoms with Gasteiger partial charge >= 0.3 is 0 Å². The van der Waals surface area contributed by atoms with Gasteiger partial charge in [-0.05, 0) is 25.5 Å². The summed E-state index contributed by atoms with van der Waals surface area (Å²) in [5, 5.41) is 14.6. The van der Waals surface area contributed by atoms with Crippen molar-refractivity contribution in [2.75, 3.05) is 6.54 Å². The number of aromatic amines is 1. The van der Waals surface area contributed by atoms with Crippen molar-refractivity contribution in [3.63, 3.8) is 0 Å². The molecule has 98 valence electrons. The first-order valence-electron chi connectivity index (χ1n) is 6.20. The van der Waals surface area contributed by atoms with E-state index in [2.05, 4.69) is 10.3 Å². The summed E-state index contributed by atoms with van der Waals surface area (Å²) in [4.78, 5) is 26.0. The lowest BCUT2D eigenvalue weighted by Crippen LogP contribution is -2.30. The predicted molar refractivity (Wildman–Crippen MR) is 70.3 cm³/mol. The molecule has 2 aromatic rings. The number of Topliss-reactive ketones (excluding diaryl/α,β-unsaturated/α-hetero) is 1. The van der Waals surface area contributed by atoms with E-state index >= 15 is 0 Å². The lowest BCUT2D eigenvalue weighted by molar-refractivity contribution is -0.383. The summed E-state index contributed by atoms with van der Waals surface area (Å²) in [6.07, 6.45) is 3.31. The highest BCUT2D eigenvalue weighted by Gasteiger charge is 2.28. The summed E-state index contributed by atoms with van der Waals surface area (Å²) in [5.74, 6) is -0.0712. The van der Waals surface area contributed by atoms with Crippen molar-refractivity contribution in [1.82, 2.24) is 10.3 Å². The minimum Gasteiger partial charge on any atom is -0.360 e. The van der Waals surface area contributed by atoms with E-state index in [1.165, 1.54) is 6.07 Å². The van der Waals surface area contributed by atoms with Crippen molar-refractivity contribution < 1.29 is 9.72 Å². The Morgan fingerprint density at radius 1 is 1.42 bits per heavy atom. The van der Waals surface area contributed by atoms with Crippen LogP contribution >= 0.6 is 0 Å². The topological polar surface area (TPSA) is 88.0 Å². The third-order valence-corrected chi connectivity index (χ3v) is 3.52. The van der Waals surface area contributed by atoms with Crippen LogP contribution in [0.4, 0.5) is 5.69 Å². The van der Waals surface area contributed by atoms with Gasteiger partial charge in [-0.3, -0.25) is 14.9 Å². The molecule has 1 aliphatic heterocycles. The maximum absolute atomic E-state index is 12.4. The second-order valence-electron chi connectivity index (χ2n) is 4.67. The van der Waals surface area contributed by atoms with Crippen molar-refractivity contribution in [3.8, 4) is 0 Å². The van der Waals surface area contributed by atoms with Crippen molar-refractivity contribution >= 4 is 22.4 Å². The molecule has 2 heterocycles. The van der Waals surface area contributed by atoms with E-state index in [4.69, 9.17) is 0 Å². The molecule has 0 amide bonds. The van der Waals surface area contributed by atoms with Crippen LogP contribution in [0.25, 0.3) is 10.9 Å². The van der Waals surface area contributed by atoms with Crippen LogP contribution in [0.1, 0.15) is 23.2 Å². The number of aromatic nitrogens is 1. The summed E-state index contributed by atoms with van der Waals surface area (Å²) in [5.41, 5.74) is 0.998. The van der Waals surface area contributed by atoms with Crippen molar-refractivity contribution in [1.29, 1.82) is 0 Å². The Labute approximate surface area is 109 Å². The van der Waals surface area contributed by atoms with Crippen molar-refractivity contribution in [2.45, 2.75) is 18.9 Å². The molecule has 19 heavy (non-hydrogen) atoms. The van der Waals surface area contributed by atoms with E-state index in [1.54, 1.807) is 18.3 Å². The van der Waals surface area contributed by atoms with Gasteiger partial charge in [-0.15, -0.1) is 0 Å². The Morgan fingerprint density at radius 2 is 2.26 bits per heavy atom. The molecule has 1 aliphatic rings. The average Bonchev–Trinajstić information content (AvgIpc) is 3.06. The maximum atomic E-state index is 12.4. The molecule has 1 saturated heterocycles. The first-order valence-corrected chi connectivity index (χ1v) is 6.20. The van der Waals surface area contributed by atoms with E-state index in [0.717, 1.165) is 19.4 Å². The van der Waals surface area contributed by atoms with Crippen molar-refractivity contribution in [3.05, 3.63) is 40.1 Å². The molecule has 3 rings (SSSR count). The van der Waals surface area contributed by atoms with Gasteiger partial charge in [0.25, 0.3) is 5.69 Å². The molecule has 0 spiro atoms. The van der Waals surface area contributed by atoms with E-state index < -0.39 is 4.92 Å². The van der Waals surface area contributed by atoms with Crippen molar-refractivity contribution in [2.24, 2.45) is 0 Å². The Balaban J connectivity index is 2.13. The quantitative estimate of drug-likeness (QED) is 0.501. The molecular formula is C13H13N3O3. The van der Waals surface area contributed by atoms with Gasteiger partial charge in [0.15, 0.2) is 5.78 Å². The third-order valence-electron chi connectivity index (χ3n) is 3.52. The Bertz CT molecular complexity index is 656. The Kier molecular flexibility index (Phi) is 2.79. The fourth-order valence-corrected chi connectivity index (χ4v) is 2.61. The minimum absolute atomic E-state index is 0.0277. The number of hydrogen-bond acceptors (Lipinski definition) is 4. The van der Waals surface area contributed by atoms with Crippen LogP contribution in [-0.4, -0.2) is 28.3 Å². The molecule has 1 aromatic heterocycles. The molecule has 1 fully saturated rings. The number of nitrogens with one attached hydrogen (secondary N) is 2. The normalized spacial score (nSPS) is 18.8. The first kappa shape index (κ1) is 11.9. The molecule has 6 heteroatoms. The number of hydrogen-bond donors (Lipinski definition) is 2. The molecule has 1 aromatic carbocycles. The SMILES string of the molecule is O=C(c1c[nH]c2cccc([N+](=O)[O-])c12)C1CCCN1. The van der Waals surface area contributed by atoms with Crippen LogP contribution in [0.5, 0.6) is 0 Å². The van der Waals surface area contributed by atoms with Crippen LogP contribution in [0, 0.1) is 10.1 Å². The predicted octanol–water partition coefficient (Wildman–Crippen LogP) is 2.01. The Morgan fingerprint density at radius 3 is 2.95 bits per heavy atom. The molecule has 0 aliphatic carbocycles. The largest absolute Gasteiger partial charge is 0.360 e. The summed E-state index contributed by atoms with van der Waals surface area (Å²) < 4.78 is 0. The lowest BCUT2D eigenvalue weighted by atomic mass is 10.0. The second-order valence-corrected chi connectivity index (χ2v) is 4.67. The van der Waals surface area contributed by atoms with E-state index in [9.17, 15) is 14.9 Å². The number of nitro groups is 1. The lowest BCUT2D eigenvalue weighted by Gasteiger charge is -2.07.